The van der Waals surface area contributed by atoms with Crippen LogP contribution in [0.1, 0.15) is 22.7 Å². The SMILES string of the molecule is NCC(c1cccs1)C(O)c1ncccn1. The standard InChI is InChI=1S/C11H13N3OS/c12-7-8(9-3-1-6-16-9)10(15)11-13-4-2-5-14-11/h1-6,8,10,15H,7,12H2. The number of nitrogens with two attached hydrogens (primary N) is 1. The fourth-order valence-corrected chi connectivity index (χ4v) is 2.42. The predicted octanol–water partition coefficient (Wildman–Crippen LogP) is 1.31. The third-order valence-electron chi connectivity index (χ3n) is 2.39. The molecule has 0 aliphatic carbocycles. The average molecular weight is 235 g/mol. The lowest BCUT2D eigenvalue weighted by molar-refractivity contribution is 0.139. The molecular formula is C11H13N3OS. The molecule has 3 N–H and O–H groups in total. The van der Waals surface area contributed by atoms with Gasteiger partial charge in [0.05, 0.1) is 0 Å². The maximum absolute atomic E-state index is 10.2. The molecule has 0 saturated heterocycles. The molecule has 0 aliphatic heterocycles. The Kier molecular flexibility index (Phi) is 3.61. The largest absolute Gasteiger partial charge is 0.384 e. The third kappa shape index (κ3) is 2.27. The van der Waals surface area contributed by atoms with Crippen molar-refractivity contribution in [2.75, 3.05) is 6.54 Å². The first-order valence-corrected chi connectivity index (χ1v) is 5.89. The van der Waals surface area contributed by atoms with E-state index >= 15 is 0 Å². The van der Waals surface area contributed by atoms with Crippen LogP contribution >= 0.6 is 11.3 Å². The topological polar surface area (TPSA) is 72.0 Å². The number of thiophene rings is 1. The summed E-state index contributed by atoms with van der Waals surface area (Å²) in [5.74, 6) is 0.286. The minimum absolute atomic E-state index is 0.137. The molecule has 0 bridgehead atoms. The van der Waals surface area contributed by atoms with Crippen LogP contribution in [-0.4, -0.2) is 21.6 Å². The zero-order valence-electron chi connectivity index (χ0n) is 8.65. The Labute approximate surface area is 97.8 Å². The summed E-state index contributed by atoms with van der Waals surface area (Å²) in [6.07, 6.45) is 2.49. The molecule has 2 aromatic rings. The second kappa shape index (κ2) is 5.16. The van der Waals surface area contributed by atoms with Crippen LogP contribution in [-0.2, 0) is 0 Å². The van der Waals surface area contributed by atoms with Crippen molar-refractivity contribution in [1.29, 1.82) is 0 Å². The number of hydrogen-bond donors (Lipinski definition) is 2. The van der Waals surface area contributed by atoms with E-state index in [1.165, 1.54) is 0 Å². The molecule has 0 aliphatic rings. The normalized spacial score (nSPS) is 14.6. The van der Waals surface area contributed by atoms with Crippen LogP contribution in [0, 0.1) is 0 Å². The van der Waals surface area contributed by atoms with Crippen molar-refractivity contribution in [2.24, 2.45) is 5.73 Å². The van der Waals surface area contributed by atoms with Crippen molar-refractivity contribution in [3.8, 4) is 0 Å². The van der Waals surface area contributed by atoms with Crippen LogP contribution in [0.25, 0.3) is 0 Å². The van der Waals surface area contributed by atoms with Gasteiger partial charge >= 0.3 is 0 Å². The van der Waals surface area contributed by atoms with Crippen molar-refractivity contribution in [3.05, 3.63) is 46.7 Å². The lowest BCUT2D eigenvalue weighted by Gasteiger charge is -2.18. The minimum Gasteiger partial charge on any atom is -0.384 e. The van der Waals surface area contributed by atoms with Crippen LogP contribution in [0.4, 0.5) is 0 Å². The summed E-state index contributed by atoms with van der Waals surface area (Å²) in [6, 6.07) is 5.63. The summed E-state index contributed by atoms with van der Waals surface area (Å²) in [7, 11) is 0. The fraction of sp³-hybridized carbons (Fsp3) is 0.273. The van der Waals surface area contributed by atoms with Crippen molar-refractivity contribution in [2.45, 2.75) is 12.0 Å². The molecule has 2 unspecified atom stereocenters. The molecule has 2 rings (SSSR count). The molecule has 4 nitrogen and oxygen atoms in total. The van der Waals surface area contributed by atoms with E-state index in [1.807, 2.05) is 17.5 Å². The highest BCUT2D eigenvalue weighted by molar-refractivity contribution is 7.10. The highest BCUT2D eigenvalue weighted by Gasteiger charge is 2.24. The molecule has 0 radical (unpaired) electrons. The van der Waals surface area contributed by atoms with E-state index in [1.54, 1.807) is 29.8 Å². The number of rotatable bonds is 4. The van der Waals surface area contributed by atoms with E-state index in [2.05, 4.69) is 9.97 Å². The quantitative estimate of drug-likeness (QED) is 0.838. The van der Waals surface area contributed by atoms with Gasteiger partial charge in [0.1, 0.15) is 6.10 Å². The summed E-state index contributed by atoms with van der Waals surface area (Å²) >= 11 is 1.58. The van der Waals surface area contributed by atoms with Gasteiger partial charge < -0.3 is 10.8 Å². The van der Waals surface area contributed by atoms with Crippen molar-refractivity contribution >= 4 is 11.3 Å². The summed E-state index contributed by atoms with van der Waals surface area (Å²) in [4.78, 5) is 9.15. The summed E-state index contributed by atoms with van der Waals surface area (Å²) in [5, 5.41) is 12.1. The Morgan fingerprint density at radius 1 is 1.31 bits per heavy atom. The molecule has 2 heterocycles. The first-order chi connectivity index (χ1) is 7.83. The van der Waals surface area contributed by atoms with Gasteiger partial charge in [-0.1, -0.05) is 6.07 Å². The van der Waals surface area contributed by atoms with Gasteiger partial charge in [-0.05, 0) is 17.5 Å². The Bertz CT molecular complexity index is 418. The summed E-state index contributed by atoms with van der Waals surface area (Å²) in [6.45, 7) is 0.375. The molecule has 0 fully saturated rings. The smallest absolute Gasteiger partial charge is 0.157 e. The number of nitrogens with zero attached hydrogens (tertiary/aromatic N) is 2. The third-order valence-corrected chi connectivity index (χ3v) is 3.40. The molecule has 2 atom stereocenters. The number of aromatic nitrogens is 2. The zero-order valence-corrected chi connectivity index (χ0v) is 9.47. The second-order valence-electron chi connectivity index (χ2n) is 3.41. The second-order valence-corrected chi connectivity index (χ2v) is 4.39. The first-order valence-electron chi connectivity index (χ1n) is 5.01. The van der Waals surface area contributed by atoms with E-state index in [-0.39, 0.29) is 5.92 Å². The van der Waals surface area contributed by atoms with Crippen LogP contribution < -0.4 is 5.73 Å². The molecule has 5 heteroatoms. The molecule has 0 spiro atoms. The van der Waals surface area contributed by atoms with Gasteiger partial charge in [0.2, 0.25) is 0 Å². The van der Waals surface area contributed by atoms with Gasteiger partial charge in [-0.15, -0.1) is 11.3 Å². The molecule has 0 amide bonds. The van der Waals surface area contributed by atoms with E-state index in [9.17, 15) is 5.11 Å². The monoisotopic (exact) mass is 235 g/mol. The average Bonchev–Trinajstić information content (AvgIpc) is 2.85. The van der Waals surface area contributed by atoms with E-state index in [4.69, 9.17) is 5.73 Å². The molecule has 84 valence electrons. The molecule has 0 aromatic carbocycles. The van der Waals surface area contributed by atoms with Gasteiger partial charge in [-0.25, -0.2) is 9.97 Å². The van der Waals surface area contributed by atoms with Crippen LogP contribution in [0.5, 0.6) is 0 Å². The molecular weight excluding hydrogens is 222 g/mol. The van der Waals surface area contributed by atoms with Gasteiger partial charge in [-0.2, -0.15) is 0 Å². The Hall–Kier alpha value is -1.30. The van der Waals surface area contributed by atoms with Crippen molar-refractivity contribution < 1.29 is 5.11 Å². The molecule has 2 aromatic heterocycles. The molecule has 0 saturated carbocycles. The van der Waals surface area contributed by atoms with E-state index < -0.39 is 6.10 Å². The highest BCUT2D eigenvalue weighted by atomic mass is 32.1. The van der Waals surface area contributed by atoms with E-state index in [0.29, 0.717) is 12.4 Å². The Morgan fingerprint density at radius 3 is 2.62 bits per heavy atom. The maximum Gasteiger partial charge on any atom is 0.157 e. The number of aliphatic hydroxyl groups is 1. The predicted molar refractivity (Wildman–Crippen MR) is 63.1 cm³/mol. The van der Waals surface area contributed by atoms with Crippen LogP contribution in [0.15, 0.2) is 36.0 Å². The lowest BCUT2D eigenvalue weighted by atomic mass is 10.00. The first kappa shape index (κ1) is 11.2. The van der Waals surface area contributed by atoms with Gasteiger partial charge in [-0.3, -0.25) is 0 Å². The van der Waals surface area contributed by atoms with E-state index in [0.717, 1.165) is 4.88 Å². The van der Waals surface area contributed by atoms with Gasteiger partial charge in [0.15, 0.2) is 5.82 Å². The summed E-state index contributed by atoms with van der Waals surface area (Å²) < 4.78 is 0. The van der Waals surface area contributed by atoms with Crippen molar-refractivity contribution in [3.63, 3.8) is 0 Å². The maximum atomic E-state index is 10.2. The van der Waals surface area contributed by atoms with Gasteiger partial charge in [0, 0.05) is 29.7 Å². The number of hydrogen-bond acceptors (Lipinski definition) is 5. The van der Waals surface area contributed by atoms with Crippen molar-refractivity contribution in [1.82, 2.24) is 9.97 Å². The van der Waals surface area contributed by atoms with Crippen LogP contribution in [0.2, 0.25) is 0 Å². The Morgan fingerprint density at radius 2 is 2.06 bits per heavy atom. The fourth-order valence-electron chi connectivity index (χ4n) is 1.55. The number of aliphatic hydroxyl groups excluding tert-OH is 1. The molecule has 16 heavy (non-hydrogen) atoms. The summed E-state index contributed by atoms with van der Waals surface area (Å²) in [5.41, 5.74) is 5.69. The lowest BCUT2D eigenvalue weighted by Crippen LogP contribution is -2.20. The Balaban J connectivity index is 2.23. The van der Waals surface area contributed by atoms with Gasteiger partial charge in [0.25, 0.3) is 0 Å². The minimum atomic E-state index is -0.746. The zero-order chi connectivity index (χ0) is 11.4. The highest BCUT2D eigenvalue weighted by Crippen LogP contribution is 2.30. The van der Waals surface area contributed by atoms with Crippen LogP contribution in [0.3, 0.4) is 0 Å².